The molecule has 0 aromatic heterocycles. The van der Waals surface area contributed by atoms with Gasteiger partial charge in [-0.25, -0.2) is 4.79 Å². The van der Waals surface area contributed by atoms with E-state index in [1.165, 1.54) is 38.5 Å². The Kier molecular flexibility index (Phi) is 8.01. The molecule has 1 amide bonds. The molecule has 0 aliphatic heterocycles. The summed E-state index contributed by atoms with van der Waals surface area (Å²) in [4.78, 5) is 26.1. The summed E-state index contributed by atoms with van der Waals surface area (Å²) < 4.78 is 5.69. The SMILES string of the molecule is CCC1CC=C(C2=CC[C@]3(C)[C@H]4CC[C@@H]5[C@H]6[C@H](NC(=O)OC(C)(C)C)CC[C@]6(C(=O)O)CC[C@@]5(C)[C@]4(C)CC[C@H]3C2(C)C)CC1. The molecule has 0 heterocycles. The lowest BCUT2D eigenvalue weighted by Gasteiger charge is -2.72. The molecule has 252 valence electrons. The number of alkyl carbamates (subject to hydrolysis) is 1. The number of carbonyl (C=O) groups is 2. The second-order valence-corrected chi connectivity index (χ2v) is 18.8. The van der Waals surface area contributed by atoms with Gasteiger partial charge in [0.25, 0.3) is 0 Å². The predicted molar refractivity (Wildman–Crippen MR) is 181 cm³/mol. The molecule has 0 bridgehead atoms. The standard InChI is InChI=1S/C40H63NO4/c1-10-25-11-13-26(14-12-25)27-17-20-37(7)30(36(27,5)6)19-21-39(9)31(37)16-15-28-32-29(41-34(44)45-35(2,3)4)18-22-40(32,33(42)43)24-23-38(28,39)8/h13,17,25,28-32H,10-12,14-16,18-24H2,1-9H3,(H,41,44)(H,42,43)/t25?,28-,29-,30+,31-,32+,37+,38-,39-,40+/m1/s1. The first kappa shape index (κ1) is 33.1. The summed E-state index contributed by atoms with van der Waals surface area (Å²) in [7, 11) is 0. The molecule has 0 radical (unpaired) electrons. The molecule has 5 heteroatoms. The van der Waals surface area contributed by atoms with Crippen LogP contribution in [0.15, 0.2) is 23.3 Å². The summed E-state index contributed by atoms with van der Waals surface area (Å²) in [6.45, 7) is 20.9. The molecule has 6 aliphatic rings. The van der Waals surface area contributed by atoms with Crippen LogP contribution >= 0.6 is 0 Å². The van der Waals surface area contributed by atoms with Crippen molar-refractivity contribution in [3.8, 4) is 0 Å². The molecule has 6 rings (SSSR count). The summed E-state index contributed by atoms with van der Waals surface area (Å²) in [6, 6.07) is -0.150. The maximum Gasteiger partial charge on any atom is 0.407 e. The highest BCUT2D eigenvalue weighted by Gasteiger charge is 2.72. The van der Waals surface area contributed by atoms with Gasteiger partial charge in [0.2, 0.25) is 0 Å². The van der Waals surface area contributed by atoms with E-state index in [4.69, 9.17) is 4.74 Å². The van der Waals surface area contributed by atoms with Gasteiger partial charge in [0.05, 0.1) is 5.41 Å². The maximum atomic E-state index is 13.1. The normalized spacial score (nSPS) is 45.5. The number of allylic oxidation sites excluding steroid dienone is 4. The molecule has 4 fully saturated rings. The van der Waals surface area contributed by atoms with Crippen molar-refractivity contribution in [1.29, 1.82) is 0 Å². The summed E-state index contributed by atoms with van der Waals surface area (Å²) in [5, 5.41) is 14.0. The highest BCUT2D eigenvalue weighted by Crippen LogP contribution is 2.77. The molecule has 0 aromatic rings. The number of aliphatic carboxylic acids is 1. The fourth-order valence-corrected chi connectivity index (χ4v) is 13.2. The van der Waals surface area contributed by atoms with Gasteiger partial charge in [0, 0.05) is 6.04 Å². The van der Waals surface area contributed by atoms with Crippen LogP contribution in [0.25, 0.3) is 0 Å². The van der Waals surface area contributed by atoms with Crippen LogP contribution in [0, 0.1) is 56.7 Å². The Morgan fingerprint density at radius 1 is 0.911 bits per heavy atom. The van der Waals surface area contributed by atoms with Gasteiger partial charge in [-0.05, 0) is 160 Å². The van der Waals surface area contributed by atoms with Crippen molar-refractivity contribution in [2.75, 3.05) is 0 Å². The molecular weight excluding hydrogens is 558 g/mol. The first-order valence-electron chi connectivity index (χ1n) is 18.6. The summed E-state index contributed by atoms with van der Waals surface area (Å²) in [5.74, 6) is 1.70. The number of amides is 1. The van der Waals surface area contributed by atoms with Crippen molar-refractivity contribution >= 4 is 12.1 Å². The van der Waals surface area contributed by atoms with Crippen LogP contribution in [0.1, 0.15) is 146 Å². The minimum absolute atomic E-state index is 0.0426. The molecule has 45 heavy (non-hydrogen) atoms. The second-order valence-electron chi connectivity index (χ2n) is 18.8. The Hall–Kier alpha value is -1.78. The average Bonchev–Trinajstić information content (AvgIpc) is 3.31. The fraction of sp³-hybridized carbons (Fsp3) is 0.850. The van der Waals surface area contributed by atoms with E-state index in [1.54, 1.807) is 11.1 Å². The van der Waals surface area contributed by atoms with E-state index >= 15 is 0 Å². The maximum absolute atomic E-state index is 13.1. The van der Waals surface area contributed by atoms with Gasteiger partial charge in [-0.3, -0.25) is 4.79 Å². The average molecular weight is 622 g/mol. The van der Waals surface area contributed by atoms with E-state index in [0.29, 0.717) is 18.3 Å². The Morgan fingerprint density at radius 2 is 1.64 bits per heavy atom. The van der Waals surface area contributed by atoms with Gasteiger partial charge in [-0.2, -0.15) is 0 Å². The lowest BCUT2D eigenvalue weighted by atomic mass is 9.32. The number of fused-ring (bicyclic) bond motifs is 7. The van der Waals surface area contributed by atoms with Crippen LogP contribution in [0.4, 0.5) is 4.79 Å². The molecule has 5 nitrogen and oxygen atoms in total. The van der Waals surface area contributed by atoms with Gasteiger partial charge in [0.15, 0.2) is 0 Å². The second kappa shape index (κ2) is 10.9. The molecular formula is C40H63NO4. The van der Waals surface area contributed by atoms with Crippen molar-refractivity contribution in [2.24, 2.45) is 56.7 Å². The van der Waals surface area contributed by atoms with Crippen LogP contribution in [-0.4, -0.2) is 28.8 Å². The molecule has 0 spiro atoms. The molecule has 4 saturated carbocycles. The quantitative estimate of drug-likeness (QED) is 0.328. The van der Waals surface area contributed by atoms with Crippen molar-refractivity contribution < 1.29 is 19.4 Å². The van der Waals surface area contributed by atoms with Gasteiger partial charge in [-0.15, -0.1) is 0 Å². The number of nitrogens with one attached hydrogen (secondary N) is 1. The van der Waals surface area contributed by atoms with E-state index < -0.39 is 23.1 Å². The minimum Gasteiger partial charge on any atom is -0.481 e. The number of hydrogen-bond donors (Lipinski definition) is 2. The number of carboxylic acids is 1. The van der Waals surface area contributed by atoms with Gasteiger partial charge < -0.3 is 15.2 Å². The van der Waals surface area contributed by atoms with Crippen molar-refractivity contribution in [3.63, 3.8) is 0 Å². The van der Waals surface area contributed by atoms with E-state index in [1.807, 2.05) is 20.8 Å². The predicted octanol–water partition coefficient (Wildman–Crippen LogP) is 10.1. The molecule has 2 N–H and O–H groups in total. The largest absolute Gasteiger partial charge is 0.481 e. The third-order valence-corrected chi connectivity index (χ3v) is 15.6. The highest BCUT2D eigenvalue weighted by atomic mass is 16.6. The zero-order chi connectivity index (χ0) is 32.8. The van der Waals surface area contributed by atoms with E-state index in [2.05, 4.69) is 59.0 Å². The molecule has 6 aliphatic carbocycles. The highest BCUT2D eigenvalue weighted by molar-refractivity contribution is 5.77. The number of carbonyl (C=O) groups excluding carboxylic acids is 1. The van der Waals surface area contributed by atoms with E-state index in [0.717, 1.165) is 44.4 Å². The van der Waals surface area contributed by atoms with E-state index in [9.17, 15) is 14.7 Å². The van der Waals surface area contributed by atoms with Crippen LogP contribution < -0.4 is 5.32 Å². The smallest absolute Gasteiger partial charge is 0.407 e. The van der Waals surface area contributed by atoms with Gasteiger partial charge in [-0.1, -0.05) is 60.1 Å². The summed E-state index contributed by atoms with van der Waals surface area (Å²) in [6.07, 6.45) is 18.9. The van der Waals surface area contributed by atoms with Crippen molar-refractivity contribution in [1.82, 2.24) is 5.32 Å². The molecule has 0 saturated heterocycles. The number of carboxylic acid groups (broad SMARTS) is 1. The Bertz CT molecular complexity index is 1270. The Morgan fingerprint density at radius 3 is 2.27 bits per heavy atom. The lowest BCUT2D eigenvalue weighted by Crippen LogP contribution is -2.66. The third kappa shape index (κ3) is 4.89. The molecule has 0 aromatic carbocycles. The van der Waals surface area contributed by atoms with Crippen LogP contribution in [0.3, 0.4) is 0 Å². The third-order valence-electron chi connectivity index (χ3n) is 15.6. The minimum atomic E-state index is -0.747. The van der Waals surface area contributed by atoms with E-state index in [-0.39, 0.29) is 39.5 Å². The van der Waals surface area contributed by atoms with Gasteiger partial charge >= 0.3 is 12.1 Å². The number of hydrogen-bond acceptors (Lipinski definition) is 3. The number of ether oxygens (including phenoxy) is 1. The monoisotopic (exact) mass is 621 g/mol. The van der Waals surface area contributed by atoms with Crippen LogP contribution in [-0.2, 0) is 9.53 Å². The van der Waals surface area contributed by atoms with Crippen molar-refractivity contribution in [2.45, 2.75) is 157 Å². The lowest BCUT2D eigenvalue weighted by molar-refractivity contribution is -0.228. The first-order valence-corrected chi connectivity index (χ1v) is 18.6. The first-order chi connectivity index (χ1) is 20.9. The summed E-state index contributed by atoms with van der Waals surface area (Å²) >= 11 is 0. The van der Waals surface area contributed by atoms with Crippen LogP contribution in [0.2, 0.25) is 0 Å². The summed E-state index contributed by atoms with van der Waals surface area (Å²) in [5.41, 5.74) is 2.54. The molecule has 10 atom stereocenters. The topological polar surface area (TPSA) is 75.6 Å². The van der Waals surface area contributed by atoms with Crippen molar-refractivity contribution in [3.05, 3.63) is 23.3 Å². The Balaban J connectivity index is 1.32. The zero-order valence-electron chi connectivity index (χ0n) is 30.0. The zero-order valence-corrected chi connectivity index (χ0v) is 30.0. The fourth-order valence-electron chi connectivity index (χ4n) is 13.2. The van der Waals surface area contributed by atoms with Crippen LogP contribution in [0.5, 0.6) is 0 Å². The van der Waals surface area contributed by atoms with Gasteiger partial charge in [0.1, 0.15) is 5.60 Å². The Labute approximate surface area is 273 Å². The molecule has 1 unspecified atom stereocenters. The number of rotatable bonds is 4.